The molecule has 162 valence electrons. The Labute approximate surface area is 176 Å². The topological polar surface area (TPSA) is 95.3 Å². The van der Waals surface area contributed by atoms with Crippen LogP contribution in [0.2, 0.25) is 0 Å². The van der Waals surface area contributed by atoms with Crippen molar-refractivity contribution in [3.63, 3.8) is 0 Å². The van der Waals surface area contributed by atoms with E-state index in [4.69, 9.17) is 10.00 Å². The van der Waals surface area contributed by atoms with Crippen molar-refractivity contribution >= 4 is 23.4 Å². The van der Waals surface area contributed by atoms with E-state index in [0.29, 0.717) is 30.6 Å². The van der Waals surface area contributed by atoms with Gasteiger partial charge in [0, 0.05) is 25.0 Å². The number of aromatic nitrogens is 1. The fourth-order valence-corrected chi connectivity index (χ4v) is 3.35. The van der Waals surface area contributed by atoms with Crippen LogP contribution in [-0.2, 0) is 20.5 Å². The maximum absolute atomic E-state index is 13.3. The molecule has 1 saturated heterocycles. The highest BCUT2D eigenvalue weighted by Gasteiger charge is 2.37. The van der Waals surface area contributed by atoms with Crippen molar-refractivity contribution in [1.82, 2.24) is 4.98 Å². The number of esters is 1. The summed E-state index contributed by atoms with van der Waals surface area (Å²) in [5.74, 6) is -2.13. The molecule has 0 aliphatic carbocycles. The van der Waals surface area contributed by atoms with E-state index in [1.807, 2.05) is 6.07 Å². The van der Waals surface area contributed by atoms with Gasteiger partial charge >= 0.3 is 12.1 Å². The van der Waals surface area contributed by atoms with Crippen molar-refractivity contribution in [2.75, 3.05) is 29.9 Å². The van der Waals surface area contributed by atoms with Crippen LogP contribution in [0.1, 0.15) is 24.0 Å². The molecule has 7 nitrogen and oxygen atoms in total. The van der Waals surface area contributed by atoms with Crippen molar-refractivity contribution in [3.8, 4) is 6.07 Å². The van der Waals surface area contributed by atoms with Crippen LogP contribution >= 0.6 is 0 Å². The van der Waals surface area contributed by atoms with Crippen LogP contribution in [0.4, 0.5) is 24.7 Å². The van der Waals surface area contributed by atoms with E-state index in [1.165, 1.54) is 23.2 Å². The van der Waals surface area contributed by atoms with Crippen molar-refractivity contribution in [1.29, 1.82) is 5.26 Å². The van der Waals surface area contributed by atoms with Crippen LogP contribution in [-0.4, -0.2) is 36.6 Å². The summed E-state index contributed by atoms with van der Waals surface area (Å²) in [6.07, 6.45) is -2.35. The van der Waals surface area contributed by atoms with Gasteiger partial charge < -0.3 is 15.0 Å². The van der Waals surface area contributed by atoms with Gasteiger partial charge in [-0.2, -0.15) is 18.4 Å². The van der Waals surface area contributed by atoms with Crippen molar-refractivity contribution < 1.29 is 27.5 Å². The van der Waals surface area contributed by atoms with E-state index in [2.05, 4.69) is 10.3 Å². The number of hydrogen-bond acceptors (Lipinski definition) is 6. The zero-order valence-electron chi connectivity index (χ0n) is 16.4. The van der Waals surface area contributed by atoms with Crippen LogP contribution in [0.25, 0.3) is 0 Å². The standard InChI is InChI=1S/C21H19F3N4O3/c22-21(23,24)17-7-2-8-26-19(17)28-9-3-5-15(12-28)20(30)31-13-18(29)27-16-6-1-4-14(10-16)11-25/h1-2,4,6-8,10,15H,3,5,9,12-13H2,(H,27,29)/t15-/m0/s1. The molecule has 0 saturated carbocycles. The third-order valence-electron chi connectivity index (χ3n) is 4.77. The summed E-state index contributed by atoms with van der Waals surface area (Å²) in [5.41, 5.74) is -0.105. The van der Waals surface area contributed by atoms with Gasteiger partial charge in [0.05, 0.1) is 23.1 Å². The summed E-state index contributed by atoms with van der Waals surface area (Å²) in [5, 5.41) is 11.4. The van der Waals surface area contributed by atoms with Gasteiger partial charge in [0.2, 0.25) is 0 Å². The van der Waals surface area contributed by atoms with Gasteiger partial charge in [-0.15, -0.1) is 0 Å². The fraction of sp³-hybridized carbons (Fsp3) is 0.333. The number of pyridine rings is 1. The Morgan fingerprint density at radius 3 is 2.84 bits per heavy atom. The number of rotatable bonds is 5. The summed E-state index contributed by atoms with van der Waals surface area (Å²) in [6.45, 7) is -0.187. The number of anilines is 2. The SMILES string of the molecule is N#Cc1cccc(NC(=O)COC(=O)[C@H]2CCCN(c3ncccc3C(F)(F)F)C2)c1. The Morgan fingerprint density at radius 2 is 2.10 bits per heavy atom. The molecular weight excluding hydrogens is 413 g/mol. The number of benzene rings is 1. The Kier molecular flexibility index (Phi) is 6.74. The molecule has 1 aliphatic heterocycles. The quantitative estimate of drug-likeness (QED) is 0.728. The lowest BCUT2D eigenvalue weighted by atomic mass is 9.98. The number of nitriles is 1. The summed E-state index contributed by atoms with van der Waals surface area (Å²) >= 11 is 0. The van der Waals surface area contributed by atoms with Gasteiger partial charge in [-0.25, -0.2) is 4.98 Å². The van der Waals surface area contributed by atoms with Crippen LogP contribution in [0.3, 0.4) is 0 Å². The molecule has 0 radical (unpaired) electrons. The number of hydrogen-bond donors (Lipinski definition) is 1. The molecule has 1 amide bonds. The monoisotopic (exact) mass is 432 g/mol. The highest BCUT2D eigenvalue weighted by Crippen LogP contribution is 2.36. The average molecular weight is 432 g/mol. The molecule has 1 fully saturated rings. The number of carbonyl (C=O) groups is 2. The second-order valence-electron chi connectivity index (χ2n) is 7.01. The lowest BCUT2D eigenvalue weighted by Gasteiger charge is -2.33. The molecule has 2 aromatic rings. The van der Waals surface area contributed by atoms with E-state index in [-0.39, 0.29) is 12.4 Å². The van der Waals surface area contributed by atoms with Gasteiger partial charge in [0.1, 0.15) is 5.82 Å². The van der Waals surface area contributed by atoms with Gasteiger partial charge in [-0.05, 0) is 43.2 Å². The lowest BCUT2D eigenvalue weighted by Crippen LogP contribution is -2.41. The first-order valence-electron chi connectivity index (χ1n) is 9.51. The van der Waals surface area contributed by atoms with E-state index in [1.54, 1.807) is 18.2 Å². The third kappa shape index (κ3) is 5.72. The highest BCUT2D eigenvalue weighted by atomic mass is 19.4. The molecule has 1 N–H and O–H groups in total. The Morgan fingerprint density at radius 1 is 1.29 bits per heavy atom. The predicted molar refractivity (Wildman–Crippen MR) is 105 cm³/mol. The summed E-state index contributed by atoms with van der Waals surface area (Å²) in [7, 11) is 0. The number of piperidine rings is 1. The molecular formula is C21H19F3N4O3. The first-order chi connectivity index (χ1) is 14.8. The number of carbonyl (C=O) groups excluding carboxylic acids is 2. The zero-order chi connectivity index (χ0) is 22.4. The van der Waals surface area contributed by atoms with Crippen LogP contribution in [0, 0.1) is 17.2 Å². The van der Waals surface area contributed by atoms with Gasteiger partial charge in [0.25, 0.3) is 5.91 Å². The smallest absolute Gasteiger partial charge is 0.419 e. The third-order valence-corrected chi connectivity index (χ3v) is 4.77. The van der Waals surface area contributed by atoms with E-state index < -0.39 is 36.1 Å². The first-order valence-corrected chi connectivity index (χ1v) is 9.51. The summed E-state index contributed by atoms with van der Waals surface area (Å²) in [6, 6.07) is 10.4. The first kappa shape index (κ1) is 22.1. The van der Waals surface area contributed by atoms with Crippen molar-refractivity contribution in [2.24, 2.45) is 5.92 Å². The number of halogens is 3. The van der Waals surface area contributed by atoms with Gasteiger partial charge in [-0.3, -0.25) is 9.59 Å². The average Bonchev–Trinajstić information content (AvgIpc) is 2.77. The van der Waals surface area contributed by atoms with E-state index >= 15 is 0 Å². The number of nitrogens with one attached hydrogen (secondary N) is 1. The molecule has 0 spiro atoms. The minimum absolute atomic E-state index is 0.0186. The zero-order valence-corrected chi connectivity index (χ0v) is 16.4. The number of nitrogens with zero attached hydrogens (tertiary/aromatic N) is 3. The van der Waals surface area contributed by atoms with Gasteiger partial charge in [-0.1, -0.05) is 6.07 Å². The van der Waals surface area contributed by atoms with Crippen molar-refractivity contribution in [3.05, 3.63) is 53.7 Å². The number of alkyl halides is 3. The summed E-state index contributed by atoms with van der Waals surface area (Å²) in [4.78, 5) is 29.7. The Bertz CT molecular complexity index is 1000. The maximum Gasteiger partial charge on any atom is 0.419 e. The minimum atomic E-state index is -4.56. The molecule has 1 aromatic heterocycles. The minimum Gasteiger partial charge on any atom is -0.455 e. The number of ether oxygens (including phenoxy) is 1. The Balaban J connectivity index is 1.58. The lowest BCUT2D eigenvalue weighted by molar-refractivity contribution is -0.151. The second kappa shape index (κ2) is 9.47. The largest absolute Gasteiger partial charge is 0.455 e. The van der Waals surface area contributed by atoms with E-state index in [9.17, 15) is 22.8 Å². The fourth-order valence-electron chi connectivity index (χ4n) is 3.35. The highest BCUT2D eigenvalue weighted by molar-refractivity contribution is 5.93. The van der Waals surface area contributed by atoms with Gasteiger partial charge in [0.15, 0.2) is 6.61 Å². The molecule has 31 heavy (non-hydrogen) atoms. The normalized spacial score (nSPS) is 16.3. The maximum atomic E-state index is 13.3. The predicted octanol–water partition coefficient (Wildman–Crippen LogP) is 3.37. The molecule has 1 aromatic carbocycles. The Hall–Kier alpha value is -3.61. The molecule has 10 heteroatoms. The summed E-state index contributed by atoms with van der Waals surface area (Å²) < 4.78 is 44.9. The molecule has 0 unspecified atom stereocenters. The molecule has 1 atom stereocenters. The molecule has 1 aliphatic rings. The van der Waals surface area contributed by atoms with Crippen LogP contribution in [0.5, 0.6) is 0 Å². The molecule has 0 bridgehead atoms. The second-order valence-corrected chi connectivity index (χ2v) is 7.01. The van der Waals surface area contributed by atoms with Crippen LogP contribution < -0.4 is 10.2 Å². The van der Waals surface area contributed by atoms with E-state index in [0.717, 1.165) is 6.07 Å². The van der Waals surface area contributed by atoms with Crippen molar-refractivity contribution in [2.45, 2.75) is 19.0 Å². The molecule has 3 rings (SSSR count). The van der Waals surface area contributed by atoms with Crippen LogP contribution in [0.15, 0.2) is 42.6 Å². The number of amides is 1. The molecule has 2 heterocycles.